The highest BCUT2D eigenvalue weighted by Gasteiger charge is 2.17. The maximum atomic E-state index is 14.5. The van der Waals surface area contributed by atoms with Crippen LogP contribution in [0.2, 0.25) is 0 Å². The summed E-state index contributed by atoms with van der Waals surface area (Å²) in [5.74, 6) is 0.635. The summed E-state index contributed by atoms with van der Waals surface area (Å²) >= 11 is 1.68. The molecule has 0 spiro atoms. The molecular weight excluding hydrogens is 299 g/mol. The van der Waals surface area contributed by atoms with Crippen LogP contribution in [0.15, 0.2) is 41.3 Å². The molecular formula is C17H15FN2OS. The minimum Gasteiger partial charge on any atom is -0.372 e. The van der Waals surface area contributed by atoms with E-state index in [1.54, 1.807) is 11.8 Å². The zero-order valence-electron chi connectivity index (χ0n) is 12.2. The summed E-state index contributed by atoms with van der Waals surface area (Å²) in [4.78, 5) is 5.64. The second-order valence-electron chi connectivity index (χ2n) is 5.28. The fourth-order valence-electron chi connectivity index (χ4n) is 2.87. The molecule has 0 N–H and O–H groups in total. The normalized spacial score (nSPS) is 14.3. The molecule has 0 bridgehead atoms. The van der Waals surface area contributed by atoms with Crippen molar-refractivity contribution < 1.29 is 9.13 Å². The van der Waals surface area contributed by atoms with Gasteiger partial charge >= 0.3 is 0 Å². The SMILES string of the molecule is CSc1ccc(-c2cc3c(cc2F)nc2n3CCOC2)cc1. The van der Waals surface area contributed by atoms with Crippen LogP contribution in [-0.4, -0.2) is 22.4 Å². The molecule has 0 atom stereocenters. The first-order valence-electron chi connectivity index (χ1n) is 7.17. The molecule has 4 rings (SSSR count). The Morgan fingerprint density at radius 1 is 1.23 bits per heavy atom. The minimum atomic E-state index is -0.235. The van der Waals surface area contributed by atoms with Crippen LogP contribution >= 0.6 is 11.8 Å². The Bertz CT molecular complexity index is 842. The molecule has 0 unspecified atom stereocenters. The number of rotatable bonds is 2. The van der Waals surface area contributed by atoms with E-state index in [0.29, 0.717) is 24.3 Å². The molecule has 0 saturated carbocycles. The van der Waals surface area contributed by atoms with Crippen molar-refractivity contribution in [3.8, 4) is 11.1 Å². The average Bonchev–Trinajstić information content (AvgIpc) is 2.91. The summed E-state index contributed by atoms with van der Waals surface area (Å²) in [5.41, 5.74) is 3.18. The van der Waals surface area contributed by atoms with Gasteiger partial charge in [-0.3, -0.25) is 0 Å². The third kappa shape index (κ3) is 2.21. The molecule has 5 heteroatoms. The van der Waals surface area contributed by atoms with Crippen LogP contribution in [0.3, 0.4) is 0 Å². The first-order chi connectivity index (χ1) is 10.8. The first kappa shape index (κ1) is 13.8. The van der Waals surface area contributed by atoms with Gasteiger partial charge in [-0.15, -0.1) is 11.8 Å². The van der Waals surface area contributed by atoms with Gasteiger partial charge in [0.1, 0.15) is 18.2 Å². The van der Waals surface area contributed by atoms with E-state index in [1.807, 2.05) is 36.6 Å². The molecule has 0 amide bonds. The fourth-order valence-corrected chi connectivity index (χ4v) is 3.27. The largest absolute Gasteiger partial charge is 0.372 e. The molecule has 0 saturated heterocycles. The van der Waals surface area contributed by atoms with E-state index >= 15 is 0 Å². The highest BCUT2D eigenvalue weighted by molar-refractivity contribution is 7.98. The van der Waals surface area contributed by atoms with E-state index in [2.05, 4.69) is 9.55 Å². The highest BCUT2D eigenvalue weighted by atomic mass is 32.2. The van der Waals surface area contributed by atoms with E-state index in [1.165, 1.54) is 11.0 Å². The Morgan fingerprint density at radius 2 is 2.05 bits per heavy atom. The van der Waals surface area contributed by atoms with Crippen LogP contribution in [0.5, 0.6) is 0 Å². The summed E-state index contributed by atoms with van der Waals surface area (Å²) in [6.07, 6.45) is 2.03. The van der Waals surface area contributed by atoms with E-state index in [0.717, 1.165) is 23.4 Å². The zero-order valence-corrected chi connectivity index (χ0v) is 13.0. The molecule has 2 heterocycles. The van der Waals surface area contributed by atoms with Crippen LogP contribution in [0, 0.1) is 5.82 Å². The summed E-state index contributed by atoms with van der Waals surface area (Å²) in [6.45, 7) is 1.93. The number of hydrogen-bond donors (Lipinski definition) is 0. The van der Waals surface area contributed by atoms with Crippen molar-refractivity contribution >= 4 is 22.8 Å². The molecule has 1 aromatic heterocycles. The van der Waals surface area contributed by atoms with Crippen molar-refractivity contribution in [2.45, 2.75) is 18.0 Å². The lowest BCUT2D eigenvalue weighted by atomic mass is 10.0. The highest BCUT2D eigenvalue weighted by Crippen LogP contribution is 2.30. The van der Waals surface area contributed by atoms with Crippen molar-refractivity contribution in [1.82, 2.24) is 9.55 Å². The lowest BCUT2D eigenvalue weighted by Gasteiger charge is -2.15. The Balaban J connectivity index is 1.87. The summed E-state index contributed by atoms with van der Waals surface area (Å²) < 4.78 is 22.0. The van der Waals surface area contributed by atoms with Gasteiger partial charge < -0.3 is 9.30 Å². The maximum Gasteiger partial charge on any atom is 0.136 e. The van der Waals surface area contributed by atoms with Crippen LogP contribution in [0.25, 0.3) is 22.2 Å². The maximum absolute atomic E-state index is 14.5. The number of aromatic nitrogens is 2. The summed E-state index contributed by atoms with van der Waals surface area (Å²) in [6, 6.07) is 11.4. The summed E-state index contributed by atoms with van der Waals surface area (Å²) in [5, 5.41) is 0. The van der Waals surface area contributed by atoms with Gasteiger partial charge in [0.15, 0.2) is 0 Å². The van der Waals surface area contributed by atoms with Crippen LogP contribution < -0.4 is 0 Å². The quantitative estimate of drug-likeness (QED) is 0.667. The van der Waals surface area contributed by atoms with Gasteiger partial charge in [0.05, 0.1) is 17.6 Å². The molecule has 0 aliphatic carbocycles. The standard InChI is InChI=1S/C17H15FN2OS/c1-22-12-4-2-11(3-5-12)13-8-16-15(9-14(13)18)19-17-10-21-7-6-20(16)17/h2-5,8-9H,6-7,10H2,1H3. The number of thioether (sulfide) groups is 1. The Morgan fingerprint density at radius 3 is 2.82 bits per heavy atom. The average molecular weight is 314 g/mol. The molecule has 0 fully saturated rings. The molecule has 1 aliphatic heterocycles. The van der Waals surface area contributed by atoms with Crippen LogP contribution in [0.1, 0.15) is 5.82 Å². The van der Waals surface area contributed by atoms with Gasteiger partial charge in [-0.05, 0) is 30.0 Å². The molecule has 0 radical (unpaired) electrons. The van der Waals surface area contributed by atoms with E-state index in [4.69, 9.17) is 4.74 Å². The second-order valence-corrected chi connectivity index (χ2v) is 6.16. The monoisotopic (exact) mass is 314 g/mol. The Kier molecular flexibility index (Phi) is 3.39. The number of halogens is 1. The Labute approximate surface area is 132 Å². The third-order valence-corrected chi connectivity index (χ3v) is 4.75. The van der Waals surface area contributed by atoms with Gasteiger partial charge in [0, 0.05) is 23.1 Å². The van der Waals surface area contributed by atoms with Crippen LogP contribution in [0.4, 0.5) is 4.39 Å². The van der Waals surface area contributed by atoms with Gasteiger partial charge in [0.25, 0.3) is 0 Å². The number of nitrogens with zero attached hydrogens (tertiary/aromatic N) is 2. The van der Waals surface area contributed by atoms with Crippen molar-refractivity contribution in [2.75, 3.05) is 12.9 Å². The number of fused-ring (bicyclic) bond motifs is 3. The predicted octanol–water partition coefficient (Wildman–Crippen LogP) is 4.09. The number of benzene rings is 2. The predicted molar refractivity (Wildman–Crippen MR) is 86.6 cm³/mol. The topological polar surface area (TPSA) is 27.1 Å². The first-order valence-corrected chi connectivity index (χ1v) is 8.39. The Hall–Kier alpha value is -1.85. The zero-order chi connectivity index (χ0) is 15.1. The molecule has 22 heavy (non-hydrogen) atoms. The summed E-state index contributed by atoms with van der Waals surface area (Å²) in [7, 11) is 0. The third-order valence-electron chi connectivity index (χ3n) is 4.01. The van der Waals surface area contributed by atoms with Gasteiger partial charge in [0.2, 0.25) is 0 Å². The lowest BCUT2D eigenvalue weighted by molar-refractivity contribution is 0.0830. The van der Waals surface area contributed by atoms with Crippen molar-refractivity contribution in [1.29, 1.82) is 0 Å². The van der Waals surface area contributed by atoms with Crippen molar-refractivity contribution in [2.24, 2.45) is 0 Å². The molecule has 3 aromatic rings. The number of imidazole rings is 1. The fraction of sp³-hybridized carbons (Fsp3) is 0.235. The van der Waals surface area contributed by atoms with Gasteiger partial charge in [-0.2, -0.15) is 0 Å². The van der Waals surface area contributed by atoms with Crippen LogP contribution in [-0.2, 0) is 17.9 Å². The number of ether oxygens (including phenoxy) is 1. The van der Waals surface area contributed by atoms with Gasteiger partial charge in [-0.1, -0.05) is 12.1 Å². The van der Waals surface area contributed by atoms with Crippen molar-refractivity contribution in [3.63, 3.8) is 0 Å². The minimum absolute atomic E-state index is 0.235. The van der Waals surface area contributed by atoms with E-state index in [-0.39, 0.29) is 5.82 Å². The molecule has 2 aromatic carbocycles. The van der Waals surface area contributed by atoms with Crippen molar-refractivity contribution in [3.05, 3.63) is 48.0 Å². The lowest BCUT2D eigenvalue weighted by Crippen LogP contribution is -2.16. The van der Waals surface area contributed by atoms with E-state index in [9.17, 15) is 4.39 Å². The molecule has 112 valence electrons. The van der Waals surface area contributed by atoms with E-state index < -0.39 is 0 Å². The number of hydrogen-bond acceptors (Lipinski definition) is 3. The smallest absolute Gasteiger partial charge is 0.136 e. The van der Waals surface area contributed by atoms with Gasteiger partial charge in [-0.25, -0.2) is 9.37 Å². The second kappa shape index (κ2) is 5.41. The molecule has 1 aliphatic rings. The molecule has 3 nitrogen and oxygen atoms in total.